The summed E-state index contributed by atoms with van der Waals surface area (Å²) in [4.78, 5) is 34.4. The van der Waals surface area contributed by atoms with Gasteiger partial charge in [-0.2, -0.15) is 0 Å². The van der Waals surface area contributed by atoms with E-state index in [4.69, 9.17) is 9.47 Å². The third-order valence-electron chi connectivity index (χ3n) is 3.72. The summed E-state index contributed by atoms with van der Waals surface area (Å²) in [5, 5.41) is 15.0. The summed E-state index contributed by atoms with van der Waals surface area (Å²) in [7, 11) is 0. The standard InChI is InChI=1S/C20H16N2O6S/c23-19(12-21-20(24)18-5-2-10-29-18)27-13-14-3-1-4-17(11-14)28-16-8-6-15(7-9-16)22(25)26/h1-11H,12-13H2,(H,21,24). The van der Waals surface area contributed by atoms with Crippen molar-refractivity contribution in [2.45, 2.75) is 6.61 Å². The molecule has 3 rings (SSSR count). The topological polar surface area (TPSA) is 108 Å². The summed E-state index contributed by atoms with van der Waals surface area (Å²) in [6, 6.07) is 16.0. The van der Waals surface area contributed by atoms with Crippen molar-refractivity contribution in [3.8, 4) is 11.5 Å². The van der Waals surface area contributed by atoms with Crippen molar-refractivity contribution in [2.24, 2.45) is 0 Å². The van der Waals surface area contributed by atoms with Crippen LogP contribution in [0.4, 0.5) is 5.69 Å². The van der Waals surface area contributed by atoms with Gasteiger partial charge in [0.15, 0.2) is 0 Å². The second-order valence-electron chi connectivity index (χ2n) is 5.82. The molecule has 8 nitrogen and oxygen atoms in total. The summed E-state index contributed by atoms with van der Waals surface area (Å²) in [5.74, 6) is 0.0616. The Morgan fingerprint density at radius 1 is 1.03 bits per heavy atom. The highest BCUT2D eigenvalue weighted by Gasteiger charge is 2.10. The largest absolute Gasteiger partial charge is 0.460 e. The molecule has 0 fully saturated rings. The van der Waals surface area contributed by atoms with Crippen LogP contribution in [0.3, 0.4) is 0 Å². The van der Waals surface area contributed by atoms with Crippen LogP contribution in [0.15, 0.2) is 66.0 Å². The van der Waals surface area contributed by atoms with Gasteiger partial charge in [-0.25, -0.2) is 0 Å². The predicted octanol–water partition coefficient (Wildman–Crippen LogP) is 3.92. The van der Waals surface area contributed by atoms with Gasteiger partial charge in [0.05, 0.1) is 9.80 Å². The maximum atomic E-state index is 11.8. The third kappa shape index (κ3) is 5.88. The minimum absolute atomic E-state index is 0.0190. The minimum Gasteiger partial charge on any atom is -0.460 e. The number of amides is 1. The molecule has 0 saturated heterocycles. The fourth-order valence-corrected chi connectivity index (χ4v) is 2.97. The van der Waals surface area contributed by atoms with Crippen molar-refractivity contribution in [1.29, 1.82) is 0 Å². The average Bonchev–Trinajstić information content (AvgIpc) is 3.26. The number of nitro benzene ring substituents is 1. The Bertz CT molecular complexity index is 1000. The van der Waals surface area contributed by atoms with Crippen LogP contribution in [0.5, 0.6) is 11.5 Å². The molecule has 1 N–H and O–H groups in total. The minimum atomic E-state index is -0.559. The fraction of sp³-hybridized carbons (Fsp3) is 0.100. The molecule has 0 bridgehead atoms. The Morgan fingerprint density at radius 3 is 2.52 bits per heavy atom. The number of carbonyl (C=O) groups is 2. The lowest BCUT2D eigenvalue weighted by Crippen LogP contribution is -2.30. The van der Waals surface area contributed by atoms with Gasteiger partial charge in [-0.15, -0.1) is 11.3 Å². The zero-order valence-electron chi connectivity index (χ0n) is 15.1. The van der Waals surface area contributed by atoms with Crippen LogP contribution >= 0.6 is 11.3 Å². The van der Waals surface area contributed by atoms with E-state index in [0.29, 0.717) is 21.9 Å². The van der Waals surface area contributed by atoms with Crippen LogP contribution in [0.1, 0.15) is 15.2 Å². The van der Waals surface area contributed by atoms with Crippen molar-refractivity contribution in [3.05, 3.63) is 86.6 Å². The molecule has 0 radical (unpaired) electrons. The van der Waals surface area contributed by atoms with E-state index >= 15 is 0 Å². The smallest absolute Gasteiger partial charge is 0.325 e. The van der Waals surface area contributed by atoms with Gasteiger partial charge in [0.2, 0.25) is 0 Å². The van der Waals surface area contributed by atoms with E-state index in [2.05, 4.69) is 5.32 Å². The number of nitro groups is 1. The summed E-state index contributed by atoms with van der Waals surface area (Å²) >= 11 is 1.29. The molecule has 0 atom stereocenters. The molecule has 0 aliphatic rings. The van der Waals surface area contributed by atoms with E-state index in [0.717, 1.165) is 0 Å². The Labute approximate surface area is 169 Å². The van der Waals surface area contributed by atoms with Gasteiger partial charge >= 0.3 is 5.97 Å². The molecule has 1 aromatic heterocycles. The Hall–Kier alpha value is -3.72. The van der Waals surface area contributed by atoms with Crippen LogP contribution in [0.2, 0.25) is 0 Å². The fourth-order valence-electron chi connectivity index (χ4n) is 2.33. The average molecular weight is 412 g/mol. The van der Waals surface area contributed by atoms with Crippen LogP contribution < -0.4 is 10.1 Å². The molecule has 29 heavy (non-hydrogen) atoms. The summed E-state index contributed by atoms with van der Waals surface area (Å²) in [6.45, 7) is -0.207. The second-order valence-corrected chi connectivity index (χ2v) is 6.77. The number of nitrogens with one attached hydrogen (secondary N) is 1. The zero-order chi connectivity index (χ0) is 20.6. The van der Waals surface area contributed by atoms with Crippen molar-refractivity contribution in [2.75, 3.05) is 6.54 Å². The van der Waals surface area contributed by atoms with Crippen LogP contribution in [-0.2, 0) is 16.1 Å². The van der Waals surface area contributed by atoms with Crippen LogP contribution in [0.25, 0.3) is 0 Å². The van der Waals surface area contributed by atoms with Crippen molar-refractivity contribution in [3.63, 3.8) is 0 Å². The van der Waals surface area contributed by atoms with E-state index in [1.54, 1.807) is 41.8 Å². The molecule has 148 valence electrons. The summed E-state index contributed by atoms with van der Waals surface area (Å²) in [6.07, 6.45) is 0. The van der Waals surface area contributed by atoms with E-state index < -0.39 is 10.9 Å². The second kappa shape index (κ2) is 9.47. The number of esters is 1. The zero-order valence-corrected chi connectivity index (χ0v) is 15.9. The van der Waals surface area contributed by atoms with Crippen LogP contribution in [-0.4, -0.2) is 23.3 Å². The van der Waals surface area contributed by atoms with E-state index in [1.807, 2.05) is 0 Å². The molecule has 0 spiro atoms. The monoisotopic (exact) mass is 412 g/mol. The van der Waals surface area contributed by atoms with Gasteiger partial charge < -0.3 is 14.8 Å². The maximum absolute atomic E-state index is 11.8. The highest BCUT2D eigenvalue weighted by molar-refractivity contribution is 7.12. The Balaban J connectivity index is 1.49. The number of thiophene rings is 1. The van der Waals surface area contributed by atoms with E-state index in [1.165, 1.54) is 35.6 Å². The van der Waals surface area contributed by atoms with Gasteiger partial charge in [-0.3, -0.25) is 19.7 Å². The number of rotatable bonds is 8. The molecule has 1 heterocycles. The Morgan fingerprint density at radius 2 is 1.83 bits per heavy atom. The first-order valence-corrected chi connectivity index (χ1v) is 9.38. The molecule has 3 aromatic rings. The van der Waals surface area contributed by atoms with Crippen molar-refractivity contribution in [1.82, 2.24) is 5.32 Å². The van der Waals surface area contributed by atoms with Gasteiger partial charge in [0.25, 0.3) is 11.6 Å². The normalized spacial score (nSPS) is 10.2. The van der Waals surface area contributed by atoms with Gasteiger partial charge in [-0.05, 0) is 41.3 Å². The highest BCUT2D eigenvalue weighted by Crippen LogP contribution is 2.24. The lowest BCUT2D eigenvalue weighted by molar-refractivity contribution is -0.384. The van der Waals surface area contributed by atoms with Gasteiger partial charge in [-0.1, -0.05) is 18.2 Å². The van der Waals surface area contributed by atoms with E-state index in [-0.39, 0.29) is 24.7 Å². The number of non-ortho nitro benzene ring substituents is 1. The summed E-state index contributed by atoms with van der Waals surface area (Å²) < 4.78 is 10.8. The molecular weight excluding hydrogens is 396 g/mol. The first-order chi connectivity index (χ1) is 14.0. The highest BCUT2D eigenvalue weighted by atomic mass is 32.1. The number of ether oxygens (including phenoxy) is 2. The van der Waals surface area contributed by atoms with Gasteiger partial charge in [0, 0.05) is 12.1 Å². The first kappa shape index (κ1) is 20.0. The van der Waals surface area contributed by atoms with E-state index in [9.17, 15) is 19.7 Å². The Kier molecular flexibility index (Phi) is 6.54. The number of hydrogen-bond donors (Lipinski definition) is 1. The lowest BCUT2D eigenvalue weighted by atomic mass is 10.2. The third-order valence-corrected chi connectivity index (χ3v) is 4.59. The molecule has 0 aliphatic carbocycles. The van der Waals surface area contributed by atoms with Gasteiger partial charge in [0.1, 0.15) is 24.7 Å². The maximum Gasteiger partial charge on any atom is 0.325 e. The molecule has 0 unspecified atom stereocenters. The molecule has 9 heteroatoms. The molecule has 2 aromatic carbocycles. The molecule has 0 saturated carbocycles. The lowest BCUT2D eigenvalue weighted by Gasteiger charge is -2.09. The molecule has 1 amide bonds. The SMILES string of the molecule is O=C(CNC(=O)c1cccs1)OCc1cccc(Oc2ccc([N+](=O)[O-])cc2)c1. The summed E-state index contributed by atoms with van der Waals surface area (Å²) in [5.41, 5.74) is 0.673. The van der Waals surface area contributed by atoms with Crippen LogP contribution in [0, 0.1) is 10.1 Å². The van der Waals surface area contributed by atoms with Crippen molar-refractivity contribution >= 4 is 28.9 Å². The number of nitrogens with zero attached hydrogens (tertiary/aromatic N) is 1. The van der Waals surface area contributed by atoms with Crippen molar-refractivity contribution < 1.29 is 24.0 Å². The predicted molar refractivity (Wildman–Crippen MR) is 106 cm³/mol. The number of hydrogen-bond acceptors (Lipinski definition) is 7. The first-order valence-electron chi connectivity index (χ1n) is 8.50. The molecular formula is C20H16N2O6S. The number of benzene rings is 2. The number of carbonyl (C=O) groups excluding carboxylic acids is 2. The molecule has 0 aliphatic heterocycles. The quantitative estimate of drug-likeness (QED) is 0.341.